The lowest BCUT2D eigenvalue weighted by molar-refractivity contribution is 0.302. The maximum atomic E-state index is 9.78. The maximum Gasteiger partial charge on any atom is 0.120 e. The Bertz CT molecular complexity index is 338. The lowest BCUT2D eigenvalue weighted by Gasteiger charge is -2.24. The first-order valence-corrected chi connectivity index (χ1v) is 5.49. The SMILES string of the molecule is OCCN1CCCCc2c(O)cccc21. The molecule has 0 fully saturated rings. The van der Waals surface area contributed by atoms with Gasteiger partial charge >= 0.3 is 0 Å². The van der Waals surface area contributed by atoms with E-state index in [1.54, 1.807) is 6.07 Å². The Morgan fingerprint density at radius 3 is 2.93 bits per heavy atom. The monoisotopic (exact) mass is 207 g/mol. The van der Waals surface area contributed by atoms with Crippen molar-refractivity contribution >= 4 is 5.69 Å². The number of phenolic OH excluding ortho intramolecular Hbond substituents is 1. The lowest BCUT2D eigenvalue weighted by atomic mass is 10.1. The summed E-state index contributed by atoms with van der Waals surface area (Å²) in [4.78, 5) is 2.15. The zero-order chi connectivity index (χ0) is 10.7. The van der Waals surface area contributed by atoms with Crippen LogP contribution in [0.4, 0.5) is 5.69 Å². The van der Waals surface area contributed by atoms with Crippen molar-refractivity contribution in [2.45, 2.75) is 19.3 Å². The van der Waals surface area contributed by atoms with Crippen LogP contribution in [0.5, 0.6) is 5.75 Å². The number of benzene rings is 1. The number of nitrogens with zero attached hydrogens (tertiary/aromatic N) is 1. The molecule has 0 saturated heterocycles. The summed E-state index contributed by atoms with van der Waals surface area (Å²) < 4.78 is 0. The zero-order valence-electron chi connectivity index (χ0n) is 8.82. The molecule has 3 heteroatoms. The van der Waals surface area contributed by atoms with Crippen molar-refractivity contribution in [2.75, 3.05) is 24.6 Å². The largest absolute Gasteiger partial charge is 0.508 e. The number of aromatic hydroxyl groups is 1. The molecule has 0 unspecified atom stereocenters. The number of rotatable bonds is 2. The molecule has 1 heterocycles. The molecule has 0 spiro atoms. The van der Waals surface area contributed by atoms with Crippen molar-refractivity contribution in [3.05, 3.63) is 23.8 Å². The number of hydrogen-bond donors (Lipinski definition) is 2. The molecule has 2 N–H and O–H groups in total. The first kappa shape index (κ1) is 10.3. The van der Waals surface area contributed by atoms with Crippen LogP contribution in [0.1, 0.15) is 18.4 Å². The molecule has 1 aliphatic heterocycles. The predicted octanol–water partition coefficient (Wildman–Crippen LogP) is 1.53. The van der Waals surface area contributed by atoms with Crippen molar-refractivity contribution in [1.82, 2.24) is 0 Å². The fourth-order valence-corrected chi connectivity index (χ4v) is 2.19. The first-order valence-electron chi connectivity index (χ1n) is 5.49. The van der Waals surface area contributed by atoms with E-state index < -0.39 is 0 Å². The van der Waals surface area contributed by atoms with Gasteiger partial charge in [-0.2, -0.15) is 0 Å². The van der Waals surface area contributed by atoms with E-state index in [1.807, 2.05) is 12.1 Å². The van der Waals surface area contributed by atoms with E-state index in [0.29, 0.717) is 12.3 Å². The van der Waals surface area contributed by atoms with Gasteiger partial charge in [0.15, 0.2) is 0 Å². The van der Waals surface area contributed by atoms with Gasteiger partial charge in [0.2, 0.25) is 0 Å². The van der Waals surface area contributed by atoms with Crippen molar-refractivity contribution in [2.24, 2.45) is 0 Å². The quantitative estimate of drug-likeness (QED) is 0.773. The minimum Gasteiger partial charge on any atom is -0.508 e. The molecule has 3 nitrogen and oxygen atoms in total. The number of hydrogen-bond acceptors (Lipinski definition) is 3. The summed E-state index contributed by atoms with van der Waals surface area (Å²) in [5.74, 6) is 0.386. The van der Waals surface area contributed by atoms with E-state index in [1.165, 1.54) is 0 Å². The number of aliphatic hydroxyl groups is 1. The molecule has 0 saturated carbocycles. The van der Waals surface area contributed by atoms with Crippen LogP contribution in [0.2, 0.25) is 0 Å². The van der Waals surface area contributed by atoms with Crippen LogP contribution in [0, 0.1) is 0 Å². The number of aliphatic hydroxyl groups excluding tert-OH is 1. The van der Waals surface area contributed by atoms with Crippen LogP contribution in [-0.4, -0.2) is 29.9 Å². The first-order chi connectivity index (χ1) is 7.33. The van der Waals surface area contributed by atoms with Crippen molar-refractivity contribution < 1.29 is 10.2 Å². The van der Waals surface area contributed by atoms with Gasteiger partial charge in [-0.25, -0.2) is 0 Å². The fraction of sp³-hybridized carbons (Fsp3) is 0.500. The van der Waals surface area contributed by atoms with Gasteiger partial charge in [0.25, 0.3) is 0 Å². The highest BCUT2D eigenvalue weighted by molar-refractivity contribution is 5.59. The molecule has 0 amide bonds. The Hall–Kier alpha value is -1.22. The Morgan fingerprint density at radius 1 is 1.27 bits per heavy atom. The predicted molar refractivity (Wildman–Crippen MR) is 60.3 cm³/mol. The molecule has 0 atom stereocenters. The van der Waals surface area contributed by atoms with Gasteiger partial charge in [-0.15, -0.1) is 0 Å². The highest BCUT2D eigenvalue weighted by atomic mass is 16.3. The molecule has 0 aromatic heterocycles. The summed E-state index contributed by atoms with van der Waals surface area (Å²) in [6.45, 7) is 1.78. The third kappa shape index (κ3) is 2.07. The van der Waals surface area contributed by atoms with E-state index in [2.05, 4.69) is 4.90 Å². The standard InChI is InChI=1S/C12H17NO2/c14-9-8-13-7-2-1-4-10-11(13)5-3-6-12(10)15/h3,5-6,14-15H,1-2,4,7-9H2. The Kier molecular flexibility index (Phi) is 3.11. The van der Waals surface area contributed by atoms with Gasteiger partial charge in [0, 0.05) is 24.3 Å². The zero-order valence-corrected chi connectivity index (χ0v) is 8.82. The molecule has 0 radical (unpaired) electrons. The number of anilines is 1. The average Bonchev–Trinajstić information content (AvgIpc) is 2.43. The van der Waals surface area contributed by atoms with Crippen LogP contribution in [-0.2, 0) is 6.42 Å². The van der Waals surface area contributed by atoms with E-state index >= 15 is 0 Å². The highest BCUT2D eigenvalue weighted by Gasteiger charge is 2.16. The van der Waals surface area contributed by atoms with Gasteiger partial charge in [-0.3, -0.25) is 0 Å². The van der Waals surface area contributed by atoms with Gasteiger partial charge < -0.3 is 15.1 Å². The lowest BCUT2D eigenvalue weighted by Crippen LogP contribution is -2.27. The molecule has 2 rings (SSSR count). The summed E-state index contributed by atoms with van der Waals surface area (Å²) in [5.41, 5.74) is 2.12. The fourth-order valence-electron chi connectivity index (χ4n) is 2.19. The summed E-state index contributed by atoms with van der Waals surface area (Å²) in [6, 6.07) is 5.63. The molecule has 1 aromatic rings. The minimum absolute atomic E-state index is 0.162. The van der Waals surface area contributed by atoms with Gasteiger partial charge in [0.05, 0.1) is 6.61 Å². The van der Waals surface area contributed by atoms with Crippen molar-refractivity contribution in [3.63, 3.8) is 0 Å². The molecule has 1 aromatic carbocycles. The van der Waals surface area contributed by atoms with Gasteiger partial charge in [-0.1, -0.05) is 6.07 Å². The molecule has 15 heavy (non-hydrogen) atoms. The van der Waals surface area contributed by atoms with Crippen LogP contribution in [0.3, 0.4) is 0 Å². The Morgan fingerprint density at radius 2 is 2.13 bits per heavy atom. The molecule has 0 bridgehead atoms. The van der Waals surface area contributed by atoms with Gasteiger partial charge in [0.1, 0.15) is 5.75 Å². The normalized spacial score (nSPS) is 15.9. The van der Waals surface area contributed by atoms with Gasteiger partial charge in [-0.05, 0) is 31.4 Å². The Labute approximate surface area is 90.0 Å². The topological polar surface area (TPSA) is 43.7 Å². The third-order valence-corrected chi connectivity index (χ3v) is 2.94. The summed E-state index contributed by atoms with van der Waals surface area (Å²) in [5, 5.41) is 18.8. The van der Waals surface area contributed by atoms with E-state index in [4.69, 9.17) is 5.11 Å². The number of β-amino-alcohol motifs (C(OH)–C–C–N with tert-alkyl or cyclic N) is 1. The van der Waals surface area contributed by atoms with Crippen LogP contribution < -0.4 is 4.90 Å². The number of fused-ring (bicyclic) bond motifs is 1. The highest BCUT2D eigenvalue weighted by Crippen LogP contribution is 2.32. The minimum atomic E-state index is 0.162. The summed E-state index contributed by atoms with van der Waals surface area (Å²) in [6.07, 6.45) is 3.16. The third-order valence-electron chi connectivity index (χ3n) is 2.94. The van der Waals surface area contributed by atoms with E-state index in [9.17, 15) is 5.11 Å². The second-order valence-corrected chi connectivity index (χ2v) is 3.94. The smallest absolute Gasteiger partial charge is 0.120 e. The molecular weight excluding hydrogens is 190 g/mol. The average molecular weight is 207 g/mol. The van der Waals surface area contributed by atoms with Crippen molar-refractivity contribution in [1.29, 1.82) is 0 Å². The molecule has 1 aliphatic rings. The van der Waals surface area contributed by atoms with E-state index in [0.717, 1.165) is 37.1 Å². The summed E-state index contributed by atoms with van der Waals surface area (Å²) >= 11 is 0. The van der Waals surface area contributed by atoms with E-state index in [-0.39, 0.29) is 6.61 Å². The van der Waals surface area contributed by atoms with Crippen LogP contribution >= 0.6 is 0 Å². The van der Waals surface area contributed by atoms with Crippen LogP contribution in [0.15, 0.2) is 18.2 Å². The maximum absolute atomic E-state index is 9.78. The van der Waals surface area contributed by atoms with Crippen molar-refractivity contribution in [3.8, 4) is 5.75 Å². The molecular formula is C12H17NO2. The second kappa shape index (κ2) is 4.53. The van der Waals surface area contributed by atoms with Crippen LogP contribution in [0.25, 0.3) is 0 Å². The second-order valence-electron chi connectivity index (χ2n) is 3.94. The number of phenols is 1. The molecule has 0 aliphatic carbocycles. The summed E-state index contributed by atoms with van der Waals surface area (Å²) in [7, 11) is 0. The molecule has 82 valence electrons. The Balaban J connectivity index is 2.36.